The Labute approximate surface area is 84.1 Å². The van der Waals surface area contributed by atoms with E-state index in [4.69, 9.17) is 4.52 Å². The highest BCUT2D eigenvalue weighted by molar-refractivity contribution is 14.1. The number of aryl methyl sites for hydroxylation is 2. The molecule has 1 heterocycles. The van der Waals surface area contributed by atoms with Gasteiger partial charge in [-0.1, -0.05) is 11.2 Å². The van der Waals surface area contributed by atoms with Crippen molar-refractivity contribution in [2.24, 2.45) is 0 Å². The van der Waals surface area contributed by atoms with Crippen LogP contribution < -0.4 is 0 Å². The van der Waals surface area contributed by atoms with Gasteiger partial charge in [0.2, 0.25) is 0 Å². The third kappa shape index (κ3) is 1.03. The van der Waals surface area contributed by atoms with Crippen LogP contribution in [-0.2, 0) is 0 Å². The molecule has 2 aromatic rings. The smallest absolute Gasteiger partial charge is 0.180 e. The van der Waals surface area contributed by atoms with E-state index in [0.29, 0.717) is 0 Å². The average Bonchev–Trinajstić information content (AvgIpc) is 2.41. The van der Waals surface area contributed by atoms with Crippen LogP contribution in [0.15, 0.2) is 16.7 Å². The molecule has 0 N–H and O–H groups in total. The van der Waals surface area contributed by atoms with Crippen LogP contribution in [0.2, 0.25) is 0 Å². The summed E-state index contributed by atoms with van der Waals surface area (Å²) in [6.07, 6.45) is 0. The van der Waals surface area contributed by atoms with Crippen LogP contribution >= 0.6 is 22.6 Å². The molecule has 0 fully saturated rings. The third-order valence-corrected chi connectivity index (χ3v) is 3.29. The zero-order valence-corrected chi connectivity index (χ0v) is 9.05. The van der Waals surface area contributed by atoms with E-state index in [-0.39, 0.29) is 0 Å². The molecule has 12 heavy (non-hydrogen) atoms. The molecule has 0 aliphatic heterocycles. The lowest BCUT2D eigenvalue weighted by molar-refractivity contribution is 0.449. The highest BCUT2D eigenvalue weighted by Crippen LogP contribution is 2.25. The minimum Gasteiger partial charge on any atom is -0.355 e. The van der Waals surface area contributed by atoms with Crippen molar-refractivity contribution in [3.63, 3.8) is 0 Å². The van der Waals surface area contributed by atoms with Crippen LogP contribution in [0, 0.1) is 17.4 Å². The van der Waals surface area contributed by atoms with Crippen LogP contribution in [0.4, 0.5) is 0 Å². The zero-order valence-electron chi connectivity index (χ0n) is 6.89. The van der Waals surface area contributed by atoms with Gasteiger partial charge in [-0.15, -0.1) is 0 Å². The molecule has 0 bridgehead atoms. The van der Waals surface area contributed by atoms with Gasteiger partial charge >= 0.3 is 0 Å². The van der Waals surface area contributed by atoms with Crippen LogP contribution in [0.25, 0.3) is 11.0 Å². The number of fused-ring (bicyclic) bond motifs is 1. The van der Waals surface area contributed by atoms with Gasteiger partial charge in [0.05, 0.1) is 9.26 Å². The summed E-state index contributed by atoms with van der Waals surface area (Å²) in [5.74, 6) is 0. The molecule has 0 aliphatic carbocycles. The second-order valence-electron chi connectivity index (χ2n) is 2.84. The van der Waals surface area contributed by atoms with E-state index in [9.17, 15) is 0 Å². The fourth-order valence-electron chi connectivity index (χ4n) is 1.19. The van der Waals surface area contributed by atoms with Crippen molar-refractivity contribution in [2.45, 2.75) is 13.8 Å². The molecule has 0 unspecified atom stereocenters. The number of rotatable bonds is 0. The van der Waals surface area contributed by atoms with E-state index in [1.165, 1.54) is 5.56 Å². The SMILES string of the molecule is Cc1ccc2c(C)noc2c1I. The summed E-state index contributed by atoms with van der Waals surface area (Å²) in [6.45, 7) is 4.02. The van der Waals surface area contributed by atoms with Gasteiger partial charge in [-0.25, -0.2) is 0 Å². The lowest BCUT2D eigenvalue weighted by Crippen LogP contribution is -1.79. The molecular formula is C9H8INO. The summed E-state index contributed by atoms with van der Waals surface area (Å²) >= 11 is 2.28. The highest BCUT2D eigenvalue weighted by atomic mass is 127. The molecule has 3 heteroatoms. The first-order valence-electron chi connectivity index (χ1n) is 3.71. The first kappa shape index (κ1) is 8.04. The van der Waals surface area contributed by atoms with Gasteiger partial charge in [0.25, 0.3) is 0 Å². The van der Waals surface area contributed by atoms with Crippen molar-refractivity contribution >= 4 is 33.6 Å². The largest absolute Gasteiger partial charge is 0.355 e. The Balaban J connectivity index is 2.93. The first-order chi connectivity index (χ1) is 5.70. The molecule has 0 saturated carbocycles. The Morgan fingerprint density at radius 2 is 2.08 bits per heavy atom. The molecule has 0 saturated heterocycles. The summed E-state index contributed by atoms with van der Waals surface area (Å²) in [5.41, 5.74) is 3.11. The fraction of sp³-hybridized carbons (Fsp3) is 0.222. The summed E-state index contributed by atoms with van der Waals surface area (Å²) in [6, 6.07) is 4.15. The lowest BCUT2D eigenvalue weighted by Gasteiger charge is -1.95. The van der Waals surface area contributed by atoms with E-state index in [1.54, 1.807) is 0 Å². The molecule has 0 aliphatic rings. The van der Waals surface area contributed by atoms with E-state index in [0.717, 1.165) is 20.2 Å². The highest BCUT2D eigenvalue weighted by Gasteiger charge is 2.08. The number of nitrogens with zero attached hydrogens (tertiary/aromatic N) is 1. The molecular weight excluding hydrogens is 265 g/mol. The van der Waals surface area contributed by atoms with Crippen molar-refractivity contribution in [3.8, 4) is 0 Å². The van der Waals surface area contributed by atoms with Crippen molar-refractivity contribution < 1.29 is 4.52 Å². The van der Waals surface area contributed by atoms with Gasteiger partial charge in [-0.3, -0.25) is 0 Å². The average molecular weight is 273 g/mol. The predicted molar refractivity (Wildman–Crippen MR) is 56.2 cm³/mol. The van der Waals surface area contributed by atoms with E-state index in [1.807, 2.05) is 6.92 Å². The van der Waals surface area contributed by atoms with E-state index >= 15 is 0 Å². The van der Waals surface area contributed by atoms with Crippen LogP contribution in [0.3, 0.4) is 0 Å². The van der Waals surface area contributed by atoms with Gasteiger partial charge in [0.15, 0.2) is 5.58 Å². The molecule has 2 nitrogen and oxygen atoms in total. The van der Waals surface area contributed by atoms with Crippen molar-refractivity contribution in [2.75, 3.05) is 0 Å². The summed E-state index contributed by atoms with van der Waals surface area (Å²) in [7, 11) is 0. The molecule has 1 aromatic heterocycles. The van der Waals surface area contributed by atoms with Gasteiger partial charge in [-0.2, -0.15) is 0 Å². The fourth-order valence-corrected chi connectivity index (χ4v) is 1.76. The molecule has 62 valence electrons. The number of hydrogen-bond donors (Lipinski definition) is 0. The van der Waals surface area contributed by atoms with Crippen LogP contribution in [0.5, 0.6) is 0 Å². The topological polar surface area (TPSA) is 26.0 Å². The van der Waals surface area contributed by atoms with E-state index < -0.39 is 0 Å². The van der Waals surface area contributed by atoms with Crippen molar-refractivity contribution in [1.29, 1.82) is 0 Å². The number of benzene rings is 1. The Morgan fingerprint density at radius 1 is 1.33 bits per heavy atom. The normalized spacial score (nSPS) is 10.9. The second kappa shape index (κ2) is 2.73. The summed E-state index contributed by atoms with van der Waals surface area (Å²) in [5, 5.41) is 5.03. The predicted octanol–water partition coefficient (Wildman–Crippen LogP) is 3.05. The summed E-state index contributed by atoms with van der Waals surface area (Å²) < 4.78 is 6.36. The molecule has 2 rings (SSSR count). The standard InChI is InChI=1S/C9H8INO/c1-5-3-4-7-6(2)11-12-9(7)8(5)10/h3-4H,1-2H3. The maximum Gasteiger partial charge on any atom is 0.180 e. The zero-order chi connectivity index (χ0) is 8.72. The molecule has 0 radical (unpaired) electrons. The third-order valence-electron chi connectivity index (χ3n) is 1.95. The quantitative estimate of drug-likeness (QED) is 0.689. The minimum absolute atomic E-state index is 0.910. The molecule has 0 amide bonds. The molecule has 0 atom stereocenters. The monoisotopic (exact) mass is 273 g/mol. The minimum atomic E-state index is 0.910. The van der Waals surface area contributed by atoms with Crippen molar-refractivity contribution in [1.82, 2.24) is 5.16 Å². The summed E-state index contributed by atoms with van der Waals surface area (Å²) in [4.78, 5) is 0. The van der Waals surface area contributed by atoms with Gasteiger partial charge in [0, 0.05) is 5.39 Å². The van der Waals surface area contributed by atoms with Crippen molar-refractivity contribution in [3.05, 3.63) is 27.0 Å². The van der Waals surface area contributed by atoms with Crippen LogP contribution in [-0.4, -0.2) is 5.16 Å². The Kier molecular flexibility index (Phi) is 1.83. The first-order valence-corrected chi connectivity index (χ1v) is 4.79. The van der Waals surface area contributed by atoms with Gasteiger partial charge in [0.1, 0.15) is 0 Å². The van der Waals surface area contributed by atoms with Gasteiger partial charge in [-0.05, 0) is 48.1 Å². The van der Waals surface area contributed by atoms with Crippen LogP contribution in [0.1, 0.15) is 11.3 Å². The Morgan fingerprint density at radius 3 is 2.83 bits per heavy atom. The molecule has 0 spiro atoms. The Bertz CT molecular complexity index is 433. The van der Waals surface area contributed by atoms with E-state index in [2.05, 4.69) is 46.8 Å². The van der Waals surface area contributed by atoms with Gasteiger partial charge < -0.3 is 4.52 Å². The number of aromatic nitrogens is 1. The number of hydrogen-bond acceptors (Lipinski definition) is 2. The second-order valence-corrected chi connectivity index (χ2v) is 3.92. The maximum atomic E-state index is 5.20. The molecule has 1 aromatic carbocycles. The Hall–Kier alpha value is -0.580. The maximum absolute atomic E-state index is 5.20. The lowest BCUT2D eigenvalue weighted by atomic mass is 10.2. The number of halogens is 1.